The highest BCUT2D eigenvalue weighted by molar-refractivity contribution is 5.78. The number of carbonyl (C=O) groups excluding carboxylic acids is 1. The lowest BCUT2D eigenvalue weighted by atomic mass is 10.2. The van der Waals surface area contributed by atoms with Crippen LogP contribution >= 0.6 is 0 Å². The maximum atomic E-state index is 11.5. The number of furan rings is 1. The number of hydrogen-bond donors (Lipinski definition) is 2. The topological polar surface area (TPSA) is 71.5 Å². The fourth-order valence-corrected chi connectivity index (χ4v) is 2.17. The van der Waals surface area contributed by atoms with Gasteiger partial charge in [-0.15, -0.1) is 0 Å². The van der Waals surface area contributed by atoms with Crippen LogP contribution in [0.2, 0.25) is 0 Å². The summed E-state index contributed by atoms with van der Waals surface area (Å²) in [6.45, 7) is 4.36. The third kappa shape index (κ3) is 2.87. The fourth-order valence-electron chi connectivity index (χ4n) is 2.17. The van der Waals surface area contributed by atoms with Crippen molar-refractivity contribution in [2.45, 2.75) is 19.4 Å². The molecule has 5 heteroatoms. The van der Waals surface area contributed by atoms with Gasteiger partial charge in [0, 0.05) is 19.6 Å². The first-order valence-electron chi connectivity index (χ1n) is 5.98. The lowest BCUT2D eigenvalue weighted by Gasteiger charge is -2.26. The molecule has 17 heavy (non-hydrogen) atoms. The Hall–Kier alpha value is -1.33. The van der Waals surface area contributed by atoms with E-state index in [0.717, 1.165) is 31.0 Å². The molecule has 1 aliphatic heterocycles. The summed E-state index contributed by atoms with van der Waals surface area (Å²) < 4.78 is 5.61. The first-order valence-corrected chi connectivity index (χ1v) is 5.98. The van der Waals surface area contributed by atoms with Crippen LogP contribution in [0.25, 0.3) is 0 Å². The molecule has 5 nitrogen and oxygen atoms in total. The van der Waals surface area contributed by atoms with Crippen molar-refractivity contribution in [3.8, 4) is 0 Å². The van der Waals surface area contributed by atoms with Crippen LogP contribution in [0.3, 0.4) is 0 Å². The Balaban J connectivity index is 2.14. The number of nitrogens with two attached hydrogens (primary N) is 1. The summed E-state index contributed by atoms with van der Waals surface area (Å²) in [6.07, 6.45) is 0.946. The molecule has 1 fully saturated rings. The lowest BCUT2D eigenvalue weighted by molar-refractivity contribution is -0.122. The predicted octanol–water partition coefficient (Wildman–Crippen LogP) is 0.410. The smallest absolute Gasteiger partial charge is 0.234 e. The summed E-state index contributed by atoms with van der Waals surface area (Å²) in [5.41, 5.74) is 5.81. The Labute approximate surface area is 101 Å². The van der Waals surface area contributed by atoms with Gasteiger partial charge in [0.05, 0.1) is 12.6 Å². The van der Waals surface area contributed by atoms with Crippen LogP contribution in [-0.2, 0) is 4.79 Å². The first kappa shape index (κ1) is 12.1. The van der Waals surface area contributed by atoms with Crippen molar-refractivity contribution in [2.75, 3.05) is 26.2 Å². The first-order chi connectivity index (χ1) is 8.20. The Morgan fingerprint density at radius 2 is 2.41 bits per heavy atom. The van der Waals surface area contributed by atoms with Gasteiger partial charge in [0.2, 0.25) is 5.91 Å². The number of aryl methyl sites for hydroxylation is 1. The van der Waals surface area contributed by atoms with Crippen molar-refractivity contribution in [1.82, 2.24) is 10.2 Å². The van der Waals surface area contributed by atoms with Crippen LogP contribution in [0, 0.1) is 6.92 Å². The van der Waals surface area contributed by atoms with Crippen molar-refractivity contribution in [1.29, 1.82) is 0 Å². The summed E-state index contributed by atoms with van der Waals surface area (Å²) in [6, 6.07) is 3.86. The summed E-state index contributed by atoms with van der Waals surface area (Å²) in [5.74, 6) is 1.78. The van der Waals surface area contributed by atoms with Crippen LogP contribution in [0.5, 0.6) is 0 Å². The summed E-state index contributed by atoms with van der Waals surface area (Å²) in [4.78, 5) is 13.6. The lowest BCUT2D eigenvalue weighted by Crippen LogP contribution is -2.38. The third-order valence-corrected chi connectivity index (χ3v) is 3.04. The van der Waals surface area contributed by atoms with Crippen molar-refractivity contribution in [2.24, 2.45) is 5.73 Å². The molecule has 1 aromatic heterocycles. The minimum atomic E-state index is -0.00690. The zero-order chi connectivity index (χ0) is 12.3. The Bertz CT molecular complexity index is 389. The Kier molecular flexibility index (Phi) is 3.81. The minimum Gasteiger partial charge on any atom is -0.465 e. The third-order valence-electron chi connectivity index (χ3n) is 3.04. The van der Waals surface area contributed by atoms with Gasteiger partial charge in [0.15, 0.2) is 0 Å². The highest BCUT2D eigenvalue weighted by Gasteiger charge is 2.25. The van der Waals surface area contributed by atoms with Gasteiger partial charge in [-0.1, -0.05) is 0 Å². The largest absolute Gasteiger partial charge is 0.465 e. The van der Waals surface area contributed by atoms with Crippen LogP contribution in [-0.4, -0.2) is 37.0 Å². The number of nitrogens with one attached hydrogen (secondary N) is 1. The second-order valence-corrected chi connectivity index (χ2v) is 4.37. The molecule has 0 aromatic carbocycles. The maximum absolute atomic E-state index is 11.5. The number of hydrogen-bond acceptors (Lipinski definition) is 4. The molecular weight excluding hydrogens is 218 g/mol. The van der Waals surface area contributed by atoms with Crippen LogP contribution in [0.1, 0.15) is 24.0 Å². The molecule has 2 rings (SSSR count). The second-order valence-electron chi connectivity index (χ2n) is 4.37. The molecule has 0 saturated carbocycles. The average Bonchev–Trinajstić information content (AvgIpc) is 2.59. The highest BCUT2D eigenvalue weighted by Crippen LogP contribution is 2.22. The molecule has 0 bridgehead atoms. The molecule has 1 saturated heterocycles. The van der Waals surface area contributed by atoms with E-state index in [4.69, 9.17) is 10.2 Å². The zero-order valence-electron chi connectivity index (χ0n) is 10.1. The monoisotopic (exact) mass is 237 g/mol. The van der Waals surface area contributed by atoms with Gasteiger partial charge >= 0.3 is 0 Å². The molecule has 1 unspecified atom stereocenters. The molecule has 1 amide bonds. The molecule has 0 spiro atoms. The summed E-state index contributed by atoms with van der Waals surface area (Å²) in [5, 5.41) is 2.86. The molecule has 94 valence electrons. The minimum absolute atomic E-state index is 0.00690. The van der Waals surface area contributed by atoms with Gasteiger partial charge in [-0.25, -0.2) is 0 Å². The van der Waals surface area contributed by atoms with E-state index in [1.54, 1.807) is 0 Å². The molecule has 0 radical (unpaired) electrons. The van der Waals surface area contributed by atoms with Crippen molar-refractivity contribution >= 4 is 5.91 Å². The van der Waals surface area contributed by atoms with E-state index in [1.165, 1.54) is 0 Å². The van der Waals surface area contributed by atoms with Crippen LogP contribution in [0.4, 0.5) is 0 Å². The van der Waals surface area contributed by atoms with E-state index in [9.17, 15) is 4.79 Å². The number of carbonyl (C=O) groups is 1. The van der Waals surface area contributed by atoms with Crippen LogP contribution < -0.4 is 11.1 Å². The van der Waals surface area contributed by atoms with E-state index in [0.29, 0.717) is 13.1 Å². The Morgan fingerprint density at radius 1 is 1.59 bits per heavy atom. The van der Waals surface area contributed by atoms with Gasteiger partial charge < -0.3 is 15.5 Å². The summed E-state index contributed by atoms with van der Waals surface area (Å²) >= 11 is 0. The van der Waals surface area contributed by atoms with Gasteiger partial charge in [0.1, 0.15) is 11.5 Å². The van der Waals surface area contributed by atoms with E-state index in [2.05, 4.69) is 10.2 Å². The number of amides is 1. The SMILES string of the molecule is Cc1ccc(C(CN)N2CCCNC(=O)C2)o1. The predicted molar refractivity (Wildman–Crippen MR) is 64.4 cm³/mol. The van der Waals surface area contributed by atoms with E-state index in [1.807, 2.05) is 19.1 Å². The quantitative estimate of drug-likeness (QED) is 0.798. The van der Waals surface area contributed by atoms with Crippen molar-refractivity contribution < 1.29 is 9.21 Å². The standard InChI is InChI=1S/C12H19N3O2/c1-9-3-4-11(17-9)10(7-13)15-6-2-5-14-12(16)8-15/h3-4,10H,2,5-8,13H2,1H3,(H,14,16). The van der Waals surface area contributed by atoms with Crippen molar-refractivity contribution in [3.05, 3.63) is 23.7 Å². The molecule has 2 heterocycles. The van der Waals surface area contributed by atoms with Gasteiger partial charge in [0.25, 0.3) is 0 Å². The molecular formula is C12H19N3O2. The molecule has 0 aliphatic carbocycles. The summed E-state index contributed by atoms with van der Waals surface area (Å²) in [7, 11) is 0. The zero-order valence-corrected chi connectivity index (χ0v) is 10.1. The highest BCUT2D eigenvalue weighted by atomic mass is 16.3. The fraction of sp³-hybridized carbons (Fsp3) is 0.583. The molecule has 1 atom stereocenters. The average molecular weight is 237 g/mol. The number of rotatable bonds is 3. The van der Waals surface area contributed by atoms with E-state index < -0.39 is 0 Å². The van der Waals surface area contributed by atoms with Gasteiger partial charge in [-0.05, 0) is 25.5 Å². The second kappa shape index (κ2) is 5.33. The molecule has 1 aliphatic rings. The van der Waals surface area contributed by atoms with Gasteiger partial charge in [-0.2, -0.15) is 0 Å². The Morgan fingerprint density at radius 3 is 3.06 bits per heavy atom. The van der Waals surface area contributed by atoms with E-state index in [-0.39, 0.29) is 11.9 Å². The van der Waals surface area contributed by atoms with Gasteiger partial charge in [-0.3, -0.25) is 9.69 Å². The molecule has 3 N–H and O–H groups in total. The number of nitrogens with zero attached hydrogens (tertiary/aromatic N) is 1. The molecule has 1 aromatic rings. The maximum Gasteiger partial charge on any atom is 0.234 e. The van der Waals surface area contributed by atoms with Crippen LogP contribution in [0.15, 0.2) is 16.5 Å². The van der Waals surface area contributed by atoms with E-state index >= 15 is 0 Å². The van der Waals surface area contributed by atoms with Crippen molar-refractivity contribution in [3.63, 3.8) is 0 Å². The normalized spacial score (nSPS) is 19.8.